The number of alkyl halides is 12. The zero-order chi connectivity index (χ0) is 29.2. The third-order valence-electron chi connectivity index (χ3n) is 3.22. The summed E-state index contributed by atoms with van der Waals surface area (Å²) in [5.41, 5.74) is -14.5. The predicted molar refractivity (Wildman–Crippen MR) is 84.8 cm³/mol. The maximum absolute atomic E-state index is 13.8. The molecule has 210 valence electrons. The first kappa shape index (κ1) is 34.4. The molecule has 0 aliphatic carbocycles. The van der Waals surface area contributed by atoms with Crippen LogP contribution in [-0.4, -0.2) is 37.0 Å². The molecule has 0 aromatic heterocycles. The molecular formula is C14H4F20P2. The van der Waals surface area contributed by atoms with E-state index >= 15 is 0 Å². The number of allylic oxidation sites excluding steroid dienone is 4. The molecule has 0 unspecified atom stereocenters. The van der Waals surface area contributed by atoms with Gasteiger partial charge in [-0.25, -0.2) is 17.6 Å². The van der Waals surface area contributed by atoms with Gasteiger partial charge in [-0.15, -0.1) is 0 Å². The van der Waals surface area contributed by atoms with E-state index in [9.17, 15) is 87.8 Å². The molecule has 0 aliphatic rings. The Morgan fingerprint density at radius 3 is 0.583 bits per heavy atom. The van der Waals surface area contributed by atoms with Crippen LogP contribution in [0.4, 0.5) is 87.8 Å². The standard InChI is InChI=1S/C14H4F20P2/c15-3(11(23,24)25)7(19)35(8(20)4(16)12(26,27)28)1-2-36(9(21)5(17)13(29,30)31)10(22)6(18)14(32,33)34/h1-2H2/b7-3+,8-4+,9-5+,10-6+. The Morgan fingerprint density at radius 1 is 0.333 bits per heavy atom. The van der Waals surface area contributed by atoms with Gasteiger partial charge < -0.3 is 0 Å². The minimum absolute atomic E-state index is 2.50. The van der Waals surface area contributed by atoms with Gasteiger partial charge in [0.25, 0.3) is 0 Å². The Kier molecular flexibility index (Phi) is 11.3. The molecule has 0 atom stereocenters. The van der Waals surface area contributed by atoms with Crippen molar-refractivity contribution in [3.63, 3.8) is 0 Å². The van der Waals surface area contributed by atoms with E-state index in [4.69, 9.17) is 0 Å². The first-order valence-electron chi connectivity index (χ1n) is 7.81. The molecule has 0 bridgehead atoms. The van der Waals surface area contributed by atoms with Crippen molar-refractivity contribution < 1.29 is 87.8 Å². The first-order valence-corrected chi connectivity index (χ1v) is 10.9. The second kappa shape index (κ2) is 11.9. The molecule has 0 amide bonds. The summed E-state index contributed by atoms with van der Waals surface area (Å²) < 4.78 is 255. The Morgan fingerprint density at radius 2 is 0.472 bits per heavy atom. The van der Waals surface area contributed by atoms with E-state index in [0.717, 1.165) is 0 Å². The third kappa shape index (κ3) is 9.06. The van der Waals surface area contributed by atoms with Crippen molar-refractivity contribution in [2.24, 2.45) is 0 Å². The fourth-order valence-electron chi connectivity index (χ4n) is 1.71. The smallest absolute Gasteiger partial charge is 0.203 e. The van der Waals surface area contributed by atoms with Crippen LogP contribution in [0.25, 0.3) is 0 Å². The lowest BCUT2D eigenvalue weighted by molar-refractivity contribution is -0.111. The van der Waals surface area contributed by atoms with Crippen LogP contribution < -0.4 is 0 Å². The van der Waals surface area contributed by atoms with Crippen LogP contribution in [0.5, 0.6) is 0 Å². The molecule has 22 heteroatoms. The fourth-order valence-corrected chi connectivity index (χ4v) is 5.89. The van der Waals surface area contributed by atoms with Crippen molar-refractivity contribution in [3.05, 3.63) is 45.6 Å². The summed E-state index contributed by atoms with van der Waals surface area (Å²) in [4.78, 5) is 0. The summed E-state index contributed by atoms with van der Waals surface area (Å²) in [7, 11) is -10.0. The van der Waals surface area contributed by atoms with E-state index in [1.54, 1.807) is 0 Å². The second-order valence-electron chi connectivity index (χ2n) is 5.71. The van der Waals surface area contributed by atoms with Gasteiger partial charge in [0, 0.05) is 15.8 Å². The van der Waals surface area contributed by atoms with Gasteiger partial charge in [-0.3, -0.25) is 0 Å². The maximum atomic E-state index is 13.8. The molecule has 0 rings (SSSR count). The summed E-state index contributed by atoms with van der Waals surface area (Å²) in [6.45, 7) is 0. The third-order valence-corrected chi connectivity index (χ3v) is 7.59. The zero-order valence-electron chi connectivity index (χ0n) is 15.9. The SMILES string of the molecule is F/C(=C(\F)C(F)(F)F)P(CCP(/C(F)=C(/F)C(F)(F)F)/C(F)=C(/F)C(F)(F)F)/C(F)=C(/F)C(F)(F)F. The normalized spacial score (nSPS) is 17.9. The van der Waals surface area contributed by atoms with Gasteiger partial charge in [-0.1, -0.05) is 0 Å². The monoisotopic (exact) mass is 614 g/mol. The van der Waals surface area contributed by atoms with Gasteiger partial charge in [0.2, 0.25) is 23.3 Å². The second-order valence-corrected chi connectivity index (χ2v) is 9.89. The van der Waals surface area contributed by atoms with Crippen molar-refractivity contribution in [2.45, 2.75) is 24.7 Å². The van der Waals surface area contributed by atoms with Crippen LogP contribution in [0.1, 0.15) is 0 Å². The summed E-state index contributed by atoms with van der Waals surface area (Å²) in [6, 6.07) is 0. The lowest BCUT2D eigenvalue weighted by Crippen LogP contribution is -2.13. The zero-order valence-corrected chi connectivity index (χ0v) is 17.7. The van der Waals surface area contributed by atoms with E-state index in [2.05, 4.69) is 0 Å². The fraction of sp³-hybridized carbons (Fsp3) is 0.429. The highest BCUT2D eigenvalue weighted by atomic mass is 31.1. The van der Waals surface area contributed by atoms with E-state index in [-0.39, 0.29) is 0 Å². The molecule has 0 aromatic carbocycles. The molecule has 0 spiro atoms. The van der Waals surface area contributed by atoms with Crippen molar-refractivity contribution in [3.8, 4) is 0 Å². The van der Waals surface area contributed by atoms with Crippen molar-refractivity contribution in [2.75, 3.05) is 12.3 Å². The number of rotatable bonds is 7. The van der Waals surface area contributed by atoms with Gasteiger partial charge in [-0.05, 0) is 12.3 Å². The minimum Gasteiger partial charge on any atom is -0.203 e. The molecule has 36 heavy (non-hydrogen) atoms. The molecule has 0 saturated heterocycles. The van der Waals surface area contributed by atoms with Crippen molar-refractivity contribution in [1.82, 2.24) is 0 Å². The Labute approximate surface area is 187 Å². The highest BCUT2D eigenvalue weighted by Crippen LogP contribution is 2.64. The molecular weight excluding hydrogens is 610 g/mol. The predicted octanol–water partition coefficient (Wildman–Crippen LogP) is 10.6. The highest BCUT2D eigenvalue weighted by molar-refractivity contribution is 7.69. The lowest BCUT2D eigenvalue weighted by Gasteiger charge is -2.21. The van der Waals surface area contributed by atoms with E-state index < -0.39 is 98.5 Å². The summed E-state index contributed by atoms with van der Waals surface area (Å²) in [5.74, 6) is -16.2. The molecule has 0 fully saturated rings. The molecule has 0 heterocycles. The summed E-state index contributed by atoms with van der Waals surface area (Å²) in [5, 5.41) is 0. The van der Waals surface area contributed by atoms with E-state index in [0.29, 0.717) is 0 Å². The molecule has 0 aliphatic heterocycles. The number of hydrogen-bond acceptors (Lipinski definition) is 0. The quantitative estimate of drug-likeness (QED) is 0.198. The summed E-state index contributed by atoms with van der Waals surface area (Å²) in [6.07, 6.45) is -30.9. The van der Waals surface area contributed by atoms with Crippen LogP contribution in [-0.2, 0) is 0 Å². The Balaban J connectivity index is 7.01. The Hall–Kier alpha value is -1.58. The average molecular weight is 614 g/mol. The van der Waals surface area contributed by atoms with Gasteiger partial charge in [0.1, 0.15) is 0 Å². The van der Waals surface area contributed by atoms with E-state index in [1.807, 2.05) is 0 Å². The molecule has 0 nitrogen and oxygen atoms in total. The van der Waals surface area contributed by atoms with Gasteiger partial charge >= 0.3 is 24.7 Å². The van der Waals surface area contributed by atoms with Crippen LogP contribution in [0, 0.1) is 0 Å². The van der Waals surface area contributed by atoms with Gasteiger partial charge in [0.05, 0.1) is 0 Å². The van der Waals surface area contributed by atoms with E-state index in [1.165, 1.54) is 0 Å². The number of halogens is 20. The highest BCUT2D eigenvalue weighted by Gasteiger charge is 2.48. The Bertz CT molecular complexity index is 776. The van der Waals surface area contributed by atoms with Gasteiger partial charge in [-0.2, -0.15) is 70.2 Å². The van der Waals surface area contributed by atoms with Crippen molar-refractivity contribution >= 4 is 15.8 Å². The van der Waals surface area contributed by atoms with Crippen LogP contribution in [0.15, 0.2) is 45.6 Å². The average Bonchev–Trinajstić information content (AvgIpc) is 2.70. The largest absolute Gasteiger partial charge is 0.445 e. The lowest BCUT2D eigenvalue weighted by atomic mass is 10.6. The molecule has 0 saturated carbocycles. The number of hydrogen-bond donors (Lipinski definition) is 0. The molecule has 0 aromatic rings. The van der Waals surface area contributed by atoms with Gasteiger partial charge in [0.15, 0.2) is 22.3 Å². The maximum Gasteiger partial charge on any atom is 0.445 e. The summed E-state index contributed by atoms with van der Waals surface area (Å²) >= 11 is 0. The minimum atomic E-state index is -6.47. The topological polar surface area (TPSA) is 0 Å². The van der Waals surface area contributed by atoms with Crippen LogP contribution in [0.3, 0.4) is 0 Å². The van der Waals surface area contributed by atoms with Crippen LogP contribution >= 0.6 is 15.8 Å². The molecule has 0 radical (unpaired) electrons. The molecule has 0 N–H and O–H groups in total. The first-order chi connectivity index (χ1) is 15.8. The van der Waals surface area contributed by atoms with Crippen molar-refractivity contribution in [1.29, 1.82) is 0 Å². The van der Waals surface area contributed by atoms with Crippen LogP contribution in [0.2, 0.25) is 0 Å².